The van der Waals surface area contributed by atoms with Crippen LogP contribution in [0.2, 0.25) is 0 Å². The van der Waals surface area contributed by atoms with Gasteiger partial charge in [-0.15, -0.1) is 12.4 Å². The van der Waals surface area contributed by atoms with Gasteiger partial charge in [-0.3, -0.25) is 4.79 Å². The zero-order valence-electron chi connectivity index (χ0n) is 12.5. The molecule has 124 valence electrons. The summed E-state index contributed by atoms with van der Waals surface area (Å²) in [7, 11) is -3.19. The lowest BCUT2D eigenvalue weighted by atomic mass is 9.98. The van der Waals surface area contributed by atoms with Crippen molar-refractivity contribution in [2.24, 2.45) is 17.6 Å². The second-order valence-electron chi connectivity index (χ2n) is 5.84. The number of nitrogens with zero attached hydrogens (tertiary/aromatic N) is 1. The lowest BCUT2D eigenvalue weighted by Gasteiger charge is -2.31. The Balaban J connectivity index is 0.00000220. The number of nitrogens with two attached hydrogens (primary N) is 1. The molecule has 1 aliphatic heterocycles. The average Bonchev–Trinajstić information content (AvgIpc) is 3.29. The molecule has 0 bridgehead atoms. The minimum atomic E-state index is -3.19. The zero-order valence-corrected chi connectivity index (χ0v) is 14.1. The first-order chi connectivity index (χ1) is 9.44. The molecule has 0 aromatic heterocycles. The van der Waals surface area contributed by atoms with Crippen LogP contribution in [0.4, 0.5) is 0 Å². The van der Waals surface area contributed by atoms with Gasteiger partial charge >= 0.3 is 0 Å². The highest BCUT2D eigenvalue weighted by Gasteiger charge is 2.32. The highest BCUT2D eigenvalue weighted by Crippen LogP contribution is 2.31. The molecule has 0 aromatic carbocycles. The van der Waals surface area contributed by atoms with E-state index in [2.05, 4.69) is 5.32 Å². The van der Waals surface area contributed by atoms with Crippen LogP contribution in [-0.2, 0) is 14.8 Å². The van der Waals surface area contributed by atoms with Gasteiger partial charge in [-0.1, -0.05) is 0 Å². The number of sulfonamides is 1. The van der Waals surface area contributed by atoms with Crippen molar-refractivity contribution >= 4 is 28.3 Å². The minimum Gasteiger partial charge on any atom is -0.354 e. The summed E-state index contributed by atoms with van der Waals surface area (Å²) in [6.45, 7) is 2.97. The van der Waals surface area contributed by atoms with Gasteiger partial charge in [0, 0.05) is 25.7 Å². The highest BCUT2D eigenvalue weighted by atomic mass is 35.5. The van der Waals surface area contributed by atoms with E-state index in [1.165, 1.54) is 4.31 Å². The number of hydrogen-bond donors (Lipinski definition) is 2. The monoisotopic (exact) mass is 339 g/mol. The smallest absolute Gasteiger partial charge is 0.224 e. The molecular weight excluding hydrogens is 314 g/mol. The fraction of sp³-hybridized carbons (Fsp3) is 0.923. The number of rotatable bonds is 6. The van der Waals surface area contributed by atoms with Gasteiger partial charge in [0.2, 0.25) is 15.9 Å². The van der Waals surface area contributed by atoms with E-state index in [-0.39, 0.29) is 36.0 Å². The number of nitrogens with one attached hydrogen (secondary N) is 1. The van der Waals surface area contributed by atoms with Crippen molar-refractivity contribution in [2.75, 3.05) is 25.4 Å². The van der Waals surface area contributed by atoms with Crippen LogP contribution in [0.5, 0.6) is 0 Å². The predicted octanol–water partition coefficient (Wildman–Crippen LogP) is 0.323. The molecule has 1 saturated heterocycles. The van der Waals surface area contributed by atoms with Crippen LogP contribution in [0.15, 0.2) is 0 Å². The molecule has 6 nitrogen and oxygen atoms in total. The molecule has 8 heteroatoms. The van der Waals surface area contributed by atoms with E-state index in [1.807, 2.05) is 0 Å². The van der Waals surface area contributed by atoms with Gasteiger partial charge < -0.3 is 11.1 Å². The Morgan fingerprint density at radius 2 is 2.05 bits per heavy atom. The highest BCUT2D eigenvalue weighted by molar-refractivity contribution is 7.89. The summed E-state index contributed by atoms with van der Waals surface area (Å²) in [4.78, 5) is 12.1. The Morgan fingerprint density at radius 1 is 1.38 bits per heavy atom. The first-order valence-corrected chi connectivity index (χ1v) is 9.06. The van der Waals surface area contributed by atoms with Gasteiger partial charge in [0.25, 0.3) is 0 Å². The number of carbonyl (C=O) groups is 1. The third kappa shape index (κ3) is 5.09. The molecule has 1 heterocycles. The van der Waals surface area contributed by atoms with Gasteiger partial charge in [-0.2, -0.15) is 0 Å². The van der Waals surface area contributed by atoms with E-state index in [1.54, 1.807) is 6.92 Å². The fourth-order valence-corrected chi connectivity index (χ4v) is 3.82. The van der Waals surface area contributed by atoms with Gasteiger partial charge in [0.05, 0.1) is 11.7 Å². The van der Waals surface area contributed by atoms with Crippen molar-refractivity contribution in [1.82, 2.24) is 9.62 Å². The predicted molar refractivity (Wildman–Crippen MR) is 84.7 cm³/mol. The number of halogens is 1. The first-order valence-electron chi connectivity index (χ1n) is 7.45. The second kappa shape index (κ2) is 7.76. The lowest BCUT2D eigenvalue weighted by molar-refractivity contribution is -0.126. The summed E-state index contributed by atoms with van der Waals surface area (Å²) in [6.07, 6.45) is 3.80. The summed E-state index contributed by atoms with van der Waals surface area (Å²) in [5, 5.41) is 2.88. The Labute approximate surface area is 133 Å². The van der Waals surface area contributed by atoms with Gasteiger partial charge in [-0.25, -0.2) is 12.7 Å². The summed E-state index contributed by atoms with van der Waals surface area (Å²) in [5.74, 6) is 0.348. The summed E-state index contributed by atoms with van der Waals surface area (Å²) in [6, 6.07) is 0.0398. The first kappa shape index (κ1) is 18.7. The molecule has 3 N–H and O–H groups in total. The lowest BCUT2D eigenvalue weighted by Crippen LogP contribution is -2.48. The van der Waals surface area contributed by atoms with Crippen LogP contribution >= 0.6 is 12.4 Å². The molecular formula is C13H26ClN3O3S. The molecule has 0 spiro atoms. The van der Waals surface area contributed by atoms with Crippen molar-refractivity contribution in [3.8, 4) is 0 Å². The number of piperidine rings is 1. The van der Waals surface area contributed by atoms with Crippen LogP contribution in [0.25, 0.3) is 0 Å². The molecule has 2 atom stereocenters. The third-order valence-corrected chi connectivity index (χ3v) is 6.10. The molecule has 0 aromatic rings. The number of hydrogen-bond acceptors (Lipinski definition) is 4. The van der Waals surface area contributed by atoms with Crippen molar-refractivity contribution in [3.05, 3.63) is 0 Å². The maximum atomic E-state index is 12.1. The topological polar surface area (TPSA) is 92.5 Å². The van der Waals surface area contributed by atoms with Crippen molar-refractivity contribution in [3.63, 3.8) is 0 Å². The maximum Gasteiger partial charge on any atom is 0.224 e. The molecule has 1 amide bonds. The Hall–Kier alpha value is -0.370. The molecule has 21 heavy (non-hydrogen) atoms. The molecule has 2 unspecified atom stereocenters. The van der Waals surface area contributed by atoms with E-state index < -0.39 is 10.0 Å². The normalized spacial score (nSPS) is 25.0. The SMILES string of the molecule is CCS(=O)(=O)N1CCCC(C(=O)NCC(N)C2CC2)C1.Cl. The van der Waals surface area contributed by atoms with Gasteiger partial charge in [-0.05, 0) is 38.5 Å². The van der Waals surface area contributed by atoms with Crippen LogP contribution in [0.1, 0.15) is 32.6 Å². The van der Waals surface area contributed by atoms with E-state index in [0.29, 0.717) is 25.6 Å². The van der Waals surface area contributed by atoms with E-state index in [9.17, 15) is 13.2 Å². The standard InChI is InChI=1S/C13H25N3O3S.ClH/c1-2-20(18,19)16-7-3-4-11(9-16)13(17)15-8-12(14)10-5-6-10;/h10-12H,2-9,14H2,1H3,(H,15,17);1H. The second-order valence-corrected chi connectivity index (χ2v) is 8.10. The summed E-state index contributed by atoms with van der Waals surface area (Å²) < 4.78 is 25.2. The van der Waals surface area contributed by atoms with Gasteiger partial charge in [0.1, 0.15) is 0 Å². The molecule has 2 rings (SSSR count). The molecule has 0 radical (unpaired) electrons. The number of carbonyl (C=O) groups excluding carboxylic acids is 1. The quantitative estimate of drug-likeness (QED) is 0.729. The molecule has 2 aliphatic rings. The van der Waals surface area contributed by atoms with E-state index in [0.717, 1.165) is 25.7 Å². The third-order valence-electron chi connectivity index (χ3n) is 4.25. The molecule has 1 saturated carbocycles. The van der Waals surface area contributed by atoms with Crippen molar-refractivity contribution < 1.29 is 13.2 Å². The number of amides is 1. The van der Waals surface area contributed by atoms with Crippen LogP contribution in [0.3, 0.4) is 0 Å². The van der Waals surface area contributed by atoms with E-state index >= 15 is 0 Å². The Morgan fingerprint density at radius 3 is 2.62 bits per heavy atom. The van der Waals surface area contributed by atoms with Crippen molar-refractivity contribution in [1.29, 1.82) is 0 Å². The van der Waals surface area contributed by atoms with Crippen LogP contribution in [0, 0.1) is 11.8 Å². The molecule has 1 aliphatic carbocycles. The zero-order chi connectivity index (χ0) is 14.8. The summed E-state index contributed by atoms with van der Waals surface area (Å²) >= 11 is 0. The molecule has 2 fully saturated rings. The maximum absolute atomic E-state index is 12.1. The average molecular weight is 340 g/mol. The van der Waals surface area contributed by atoms with Gasteiger partial charge in [0.15, 0.2) is 0 Å². The van der Waals surface area contributed by atoms with Crippen molar-refractivity contribution in [2.45, 2.75) is 38.6 Å². The van der Waals surface area contributed by atoms with Crippen LogP contribution in [-0.4, -0.2) is 50.1 Å². The largest absolute Gasteiger partial charge is 0.354 e. The fourth-order valence-electron chi connectivity index (χ4n) is 2.65. The van der Waals surface area contributed by atoms with Crippen LogP contribution < -0.4 is 11.1 Å². The Kier molecular flexibility index (Phi) is 6.90. The summed E-state index contributed by atoms with van der Waals surface area (Å²) in [5.41, 5.74) is 5.95. The minimum absolute atomic E-state index is 0. The van der Waals surface area contributed by atoms with E-state index in [4.69, 9.17) is 5.73 Å². The Bertz CT molecular complexity index is 454.